The zero-order chi connectivity index (χ0) is 23.8. The van der Waals surface area contributed by atoms with Gasteiger partial charge in [-0.15, -0.1) is 0 Å². The molecule has 2 heteroatoms. The highest BCUT2D eigenvalue weighted by molar-refractivity contribution is 5.80. The summed E-state index contributed by atoms with van der Waals surface area (Å²) in [6.45, 7) is 28.1. The predicted molar refractivity (Wildman–Crippen MR) is 136 cm³/mol. The minimum absolute atomic E-state index is 0.0821. The largest absolute Gasteiger partial charge is 0.282 e. The zero-order valence-corrected chi connectivity index (χ0v) is 22.5. The van der Waals surface area contributed by atoms with Crippen molar-refractivity contribution < 1.29 is 0 Å². The maximum atomic E-state index is 2.57. The fourth-order valence-electron chi connectivity index (χ4n) is 5.92. The van der Waals surface area contributed by atoms with Crippen molar-refractivity contribution in [2.45, 2.75) is 100 Å². The van der Waals surface area contributed by atoms with Crippen molar-refractivity contribution >= 4 is 0 Å². The van der Waals surface area contributed by atoms with Crippen LogP contribution in [0.3, 0.4) is 0 Å². The summed E-state index contributed by atoms with van der Waals surface area (Å²) in [5.74, 6) is 0. The second-order valence-electron chi connectivity index (χ2n) is 11.1. The van der Waals surface area contributed by atoms with Crippen molar-refractivity contribution in [1.29, 1.82) is 0 Å². The van der Waals surface area contributed by atoms with Crippen molar-refractivity contribution in [3.05, 3.63) is 56.1 Å². The number of rotatable bonds is 0. The van der Waals surface area contributed by atoms with Gasteiger partial charge >= 0.3 is 0 Å². The van der Waals surface area contributed by atoms with Crippen LogP contribution < -0.4 is 0 Å². The lowest BCUT2D eigenvalue weighted by molar-refractivity contribution is -0.0310. The lowest BCUT2D eigenvalue weighted by atomic mass is 9.73. The average Bonchev–Trinajstić information content (AvgIpc) is 2.70. The Morgan fingerprint density at radius 1 is 0.613 bits per heavy atom. The molecule has 2 aromatic rings. The topological polar surface area (TPSA) is 6.48 Å². The molecule has 3 rings (SSSR count). The van der Waals surface area contributed by atoms with Gasteiger partial charge < -0.3 is 0 Å². The Balaban J connectivity index is 2.66. The van der Waals surface area contributed by atoms with E-state index in [2.05, 4.69) is 113 Å². The van der Waals surface area contributed by atoms with Crippen LogP contribution in [0.2, 0.25) is 0 Å². The first-order valence-corrected chi connectivity index (χ1v) is 11.8. The Bertz CT molecular complexity index is 1060. The number of fused-ring (bicyclic) bond motifs is 4. The van der Waals surface area contributed by atoms with Gasteiger partial charge in [0.15, 0.2) is 0 Å². The quantitative estimate of drug-likeness (QED) is 0.444. The number of hydrogen-bond donors (Lipinski definition) is 0. The first-order chi connectivity index (χ1) is 14.1. The normalized spacial score (nSPS) is 21.2. The molecule has 2 nitrogen and oxygen atoms in total. The molecule has 2 aromatic carbocycles. The van der Waals surface area contributed by atoms with Gasteiger partial charge in [0.05, 0.1) is 6.17 Å². The van der Waals surface area contributed by atoms with Crippen molar-refractivity contribution in [1.82, 2.24) is 9.80 Å². The third kappa shape index (κ3) is 3.21. The van der Waals surface area contributed by atoms with Gasteiger partial charge in [-0.05, 0) is 164 Å². The fraction of sp³-hybridized carbons (Fsp3) is 0.586. The van der Waals surface area contributed by atoms with Crippen molar-refractivity contribution in [3.63, 3.8) is 0 Å². The highest BCUT2D eigenvalue weighted by Crippen LogP contribution is 2.47. The maximum absolute atomic E-state index is 2.57. The van der Waals surface area contributed by atoms with Crippen LogP contribution in [-0.4, -0.2) is 30.1 Å². The van der Waals surface area contributed by atoms with E-state index >= 15 is 0 Å². The second kappa shape index (κ2) is 7.46. The van der Waals surface area contributed by atoms with Gasteiger partial charge in [-0.1, -0.05) is 0 Å². The molecule has 0 amide bonds. The third-order valence-corrected chi connectivity index (χ3v) is 9.33. The SMILES string of the molecule is Cc1c2cc(c(C)c1C)C(C)(C)N(C)C(C)N(C)C(C)(C)c1c(C)c(C)c(C)c(C)c1-2. The monoisotopic (exact) mass is 420 g/mol. The summed E-state index contributed by atoms with van der Waals surface area (Å²) in [6, 6.07) is 2.52. The molecule has 0 aromatic heterocycles. The van der Waals surface area contributed by atoms with E-state index in [4.69, 9.17) is 0 Å². The molecular weight excluding hydrogens is 376 g/mol. The molecule has 1 heterocycles. The minimum Gasteiger partial charge on any atom is -0.282 e. The van der Waals surface area contributed by atoms with Gasteiger partial charge in [0.25, 0.3) is 0 Å². The van der Waals surface area contributed by atoms with Crippen LogP contribution in [0, 0.1) is 48.5 Å². The van der Waals surface area contributed by atoms with E-state index in [1.807, 2.05) is 0 Å². The van der Waals surface area contributed by atoms with Crippen LogP contribution in [0.4, 0.5) is 0 Å². The van der Waals surface area contributed by atoms with E-state index < -0.39 is 0 Å². The number of nitrogens with zero attached hydrogens (tertiary/aromatic N) is 2. The Morgan fingerprint density at radius 3 is 1.61 bits per heavy atom. The van der Waals surface area contributed by atoms with Gasteiger partial charge in [-0.2, -0.15) is 0 Å². The highest BCUT2D eigenvalue weighted by atomic mass is 15.4. The summed E-state index contributed by atoms with van der Waals surface area (Å²) in [7, 11) is 4.58. The molecule has 170 valence electrons. The number of hydrogen-bond acceptors (Lipinski definition) is 2. The molecule has 1 aliphatic heterocycles. The molecule has 0 N–H and O–H groups in total. The van der Waals surface area contributed by atoms with E-state index in [1.54, 1.807) is 0 Å². The molecule has 0 spiro atoms. The van der Waals surface area contributed by atoms with Crippen LogP contribution in [0.1, 0.15) is 84.7 Å². The summed E-state index contributed by atoms with van der Waals surface area (Å²) in [5, 5.41) is 0. The Labute approximate surface area is 191 Å². The van der Waals surface area contributed by atoms with Crippen LogP contribution >= 0.6 is 0 Å². The highest BCUT2D eigenvalue weighted by Gasteiger charge is 2.41. The summed E-state index contributed by atoms with van der Waals surface area (Å²) < 4.78 is 0. The van der Waals surface area contributed by atoms with Gasteiger partial charge in [0.2, 0.25) is 0 Å². The molecule has 0 saturated carbocycles. The molecule has 31 heavy (non-hydrogen) atoms. The lowest BCUT2D eigenvalue weighted by Gasteiger charge is -2.51. The Morgan fingerprint density at radius 2 is 1.06 bits per heavy atom. The molecule has 1 unspecified atom stereocenters. The number of benzene rings is 2. The van der Waals surface area contributed by atoms with E-state index in [0.717, 1.165) is 0 Å². The van der Waals surface area contributed by atoms with Gasteiger partial charge in [-0.25, -0.2) is 0 Å². The summed E-state index contributed by atoms with van der Waals surface area (Å²) in [6.07, 6.45) is 0.279. The van der Waals surface area contributed by atoms with Crippen molar-refractivity contribution in [2.24, 2.45) is 0 Å². The first-order valence-electron chi connectivity index (χ1n) is 11.8. The zero-order valence-electron chi connectivity index (χ0n) is 22.5. The van der Waals surface area contributed by atoms with Gasteiger partial charge in [-0.3, -0.25) is 9.80 Å². The van der Waals surface area contributed by atoms with Gasteiger partial charge in [0, 0.05) is 11.1 Å². The van der Waals surface area contributed by atoms with E-state index in [0.29, 0.717) is 0 Å². The van der Waals surface area contributed by atoms with E-state index in [1.165, 1.54) is 61.2 Å². The summed E-state index contributed by atoms with van der Waals surface area (Å²) in [5.41, 5.74) is 15.6. The Hall–Kier alpha value is -1.64. The van der Waals surface area contributed by atoms with Crippen molar-refractivity contribution in [2.75, 3.05) is 14.1 Å². The third-order valence-electron chi connectivity index (χ3n) is 9.33. The predicted octanol–water partition coefficient (Wildman–Crippen LogP) is 7.21. The first kappa shape index (κ1) is 24.0. The molecule has 0 aliphatic carbocycles. The summed E-state index contributed by atoms with van der Waals surface area (Å²) >= 11 is 0. The average molecular weight is 421 g/mol. The van der Waals surface area contributed by atoms with E-state index in [9.17, 15) is 0 Å². The van der Waals surface area contributed by atoms with Gasteiger partial charge in [0.1, 0.15) is 0 Å². The van der Waals surface area contributed by atoms with Crippen LogP contribution in [0.5, 0.6) is 0 Å². The van der Waals surface area contributed by atoms with E-state index in [-0.39, 0.29) is 17.2 Å². The van der Waals surface area contributed by atoms with Crippen LogP contribution in [0.25, 0.3) is 11.1 Å². The molecule has 0 fully saturated rings. The van der Waals surface area contributed by atoms with Crippen LogP contribution in [0.15, 0.2) is 6.07 Å². The minimum atomic E-state index is -0.116. The standard InChI is InChI=1S/C29H44N2/c1-16-17(2)22(7)27-26(21(16)6)24-15-25(20(5)18(3)19(24)4)28(9,10)30(13)23(8)31(14)29(27,11)12/h15,23H,1-14H3. The molecule has 2 bridgehead atoms. The summed E-state index contributed by atoms with van der Waals surface area (Å²) in [4.78, 5) is 5.11. The fourth-order valence-corrected chi connectivity index (χ4v) is 5.92. The molecule has 0 radical (unpaired) electrons. The molecule has 1 atom stereocenters. The van der Waals surface area contributed by atoms with Crippen LogP contribution in [-0.2, 0) is 11.1 Å². The smallest absolute Gasteiger partial charge is 0.0602 e. The maximum Gasteiger partial charge on any atom is 0.0602 e. The molecular formula is C29H44N2. The Kier molecular flexibility index (Phi) is 5.78. The second-order valence-corrected chi connectivity index (χ2v) is 11.1. The van der Waals surface area contributed by atoms with Crippen molar-refractivity contribution in [3.8, 4) is 11.1 Å². The molecule has 0 saturated heterocycles. The molecule has 1 aliphatic rings. The lowest BCUT2D eigenvalue weighted by Crippen LogP contribution is -2.56.